The molecule has 1 nitrogen and oxygen atoms in total. The first-order chi connectivity index (χ1) is 7.98. The van der Waals surface area contributed by atoms with Gasteiger partial charge >= 0.3 is 0 Å². The zero-order chi connectivity index (χ0) is 12.5. The molecule has 0 radical (unpaired) electrons. The summed E-state index contributed by atoms with van der Waals surface area (Å²) in [6, 6.07) is 6.78. The molecule has 1 fully saturated rings. The molecule has 0 bridgehead atoms. The summed E-state index contributed by atoms with van der Waals surface area (Å²) < 4.78 is 0. The molecule has 1 saturated carbocycles. The quantitative estimate of drug-likeness (QED) is 0.824. The lowest BCUT2D eigenvalue weighted by molar-refractivity contribution is 0.235. The Morgan fingerprint density at radius 3 is 2.71 bits per heavy atom. The largest absolute Gasteiger partial charge is 0.325 e. The zero-order valence-corrected chi connectivity index (χ0v) is 11.4. The second-order valence-electron chi connectivity index (χ2n) is 6.16. The van der Waals surface area contributed by atoms with E-state index in [4.69, 9.17) is 5.73 Å². The van der Waals surface area contributed by atoms with Crippen molar-refractivity contribution in [1.29, 1.82) is 0 Å². The molecule has 2 rings (SSSR count). The van der Waals surface area contributed by atoms with E-state index < -0.39 is 0 Å². The van der Waals surface area contributed by atoms with E-state index in [-0.39, 0.29) is 5.54 Å². The first-order valence-corrected chi connectivity index (χ1v) is 6.83. The van der Waals surface area contributed by atoms with E-state index in [2.05, 4.69) is 39.0 Å². The van der Waals surface area contributed by atoms with Crippen molar-refractivity contribution in [2.75, 3.05) is 0 Å². The maximum absolute atomic E-state index is 6.57. The summed E-state index contributed by atoms with van der Waals surface area (Å²) in [7, 11) is 0. The number of hydrogen-bond acceptors (Lipinski definition) is 1. The Morgan fingerprint density at radius 2 is 2.06 bits per heavy atom. The lowest BCUT2D eigenvalue weighted by Gasteiger charge is -2.37. The van der Waals surface area contributed by atoms with Crippen molar-refractivity contribution in [3.8, 4) is 0 Å². The van der Waals surface area contributed by atoms with Crippen LogP contribution in [0.4, 0.5) is 0 Å². The maximum atomic E-state index is 6.57. The number of nitrogens with two attached hydrogens (primary N) is 1. The van der Waals surface area contributed by atoms with Crippen molar-refractivity contribution < 1.29 is 0 Å². The second kappa shape index (κ2) is 4.81. The number of rotatable bonds is 2. The maximum Gasteiger partial charge on any atom is 0.0197 e. The molecule has 1 aliphatic carbocycles. The first kappa shape index (κ1) is 12.6. The molecule has 17 heavy (non-hydrogen) atoms. The van der Waals surface area contributed by atoms with Crippen LogP contribution in [0.1, 0.15) is 49.3 Å². The van der Waals surface area contributed by atoms with Gasteiger partial charge in [0.2, 0.25) is 0 Å². The molecule has 1 aliphatic rings. The molecule has 1 aromatic carbocycles. The molecular weight excluding hydrogens is 206 g/mol. The predicted octanol–water partition coefficient (Wildman–Crippen LogP) is 3.75. The second-order valence-corrected chi connectivity index (χ2v) is 6.16. The van der Waals surface area contributed by atoms with Crippen LogP contribution in [-0.4, -0.2) is 5.54 Å². The van der Waals surface area contributed by atoms with Crippen LogP contribution in [0.3, 0.4) is 0 Å². The summed E-state index contributed by atoms with van der Waals surface area (Å²) >= 11 is 0. The van der Waals surface area contributed by atoms with Gasteiger partial charge in [0.1, 0.15) is 0 Å². The normalized spacial score (nSPS) is 29.3. The number of hydrogen-bond donors (Lipinski definition) is 1. The van der Waals surface area contributed by atoms with Crippen molar-refractivity contribution in [2.45, 2.75) is 58.4 Å². The highest BCUT2D eigenvalue weighted by atomic mass is 14.7. The fraction of sp³-hybridized carbons (Fsp3) is 0.625. The minimum absolute atomic E-state index is 0.0410. The third-order valence-electron chi connectivity index (χ3n) is 4.25. The van der Waals surface area contributed by atoms with E-state index in [0.29, 0.717) is 0 Å². The summed E-state index contributed by atoms with van der Waals surface area (Å²) in [5.41, 5.74) is 10.8. The monoisotopic (exact) mass is 231 g/mol. The number of aryl methyl sites for hydroxylation is 2. The van der Waals surface area contributed by atoms with Gasteiger partial charge in [-0.1, -0.05) is 38.0 Å². The van der Waals surface area contributed by atoms with Crippen LogP contribution in [0.25, 0.3) is 0 Å². The number of benzene rings is 1. The first-order valence-electron chi connectivity index (χ1n) is 6.83. The Hall–Kier alpha value is -0.820. The van der Waals surface area contributed by atoms with E-state index >= 15 is 0 Å². The average Bonchev–Trinajstić information content (AvgIpc) is 2.22. The van der Waals surface area contributed by atoms with Crippen LogP contribution in [0, 0.1) is 19.8 Å². The molecule has 0 spiro atoms. The van der Waals surface area contributed by atoms with Gasteiger partial charge in [-0.15, -0.1) is 0 Å². The van der Waals surface area contributed by atoms with Crippen LogP contribution in [0.15, 0.2) is 18.2 Å². The minimum atomic E-state index is 0.0410. The third-order valence-corrected chi connectivity index (χ3v) is 4.25. The Balaban J connectivity index is 2.11. The van der Waals surface area contributed by atoms with E-state index in [9.17, 15) is 0 Å². The molecule has 1 aromatic rings. The zero-order valence-electron chi connectivity index (χ0n) is 11.4. The summed E-state index contributed by atoms with van der Waals surface area (Å²) in [4.78, 5) is 0. The van der Waals surface area contributed by atoms with Gasteiger partial charge in [-0.3, -0.25) is 0 Å². The highest BCUT2D eigenvalue weighted by molar-refractivity contribution is 5.31. The van der Waals surface area contributed by atoms with E-state index in [0.717, 1.165) is 12.3 Å². The standard InChI is InChI=1S/C16H25N/c1-12-5-4-8-16(17,10-12)11-15-7-6-13(2)14(3)9-15/h6-7,9,12H,4-5,8,10-11,17H2,1-3H3. The molecule has 1 heteroatoms. The van der Waals surface area contributed by atoms with E-state index in [1.54, 1.807) is 0 Å². The molecule has 94 valence electrons. The smallest absolute Gasteiger partial charge is 0.0197 e. The molecule has 0 saturated heterocycles. The lowest BCUT2D eigenvalue weighted by atomic mass is 9.74. The van der Waals surface area contributed by atoms with Crippen molar-refractivity contribution in [3.05, 3.63) is 34.9 Å². The molecule has 0 aliphatic heterocycles. The van der Waals surface area contributed by atoms with E-state index in [1.165, 1.54) is 42.4 Å². The molecule has 2 N–H and O–H groups in total. The molecule has 0 heterocycles. The van der Waals surface area contributed by atoms with Crippen LogP contribution >= 0.6 is 0 Å². The van der Waals surface area contributed by atoms with Crippen molar-refractivity contribution in [3.63, 3.8) is 0 Å². The highest BCUT2D eigenvalue weighted by Gasteiger charge is 2.30. The van der Waals surface area contributed by atoms with Crippen molar-refractivity contribution >= 4 is 0 Å². The molecular formula is C16H25N. The van der Waals surface area contributed by atoms with Crippen LogP contribution in [0.5, 0.6) is 0 Å². The molecule has 0 amide bonds. The topological polar surface area (TPSA) is 26.0 Å². The van der Waals surface area contributed by atoms with E-state index in [1.807, 2.05) is 0 Å². The lowest BCUT2D eigenvalue weighted by Crippen LogP contribution is -2.45. The summed E-state index contributed by atoms with van der Waals surface area (Å²) in [5.74, 6) is 0.792. The van der Waals surface area contributed by atoms with Gasteiger partial charge in [0, 0.05) is 5.54 Å². The fourth-order valence-electron chi connectivity index (χ4n) is 3.18. The van der Waals surface area contributed by atoms with Gasteiger partial charge < -0.3 is 5.73 Å². The van der Waals surface area contributed by atoms with Gasteiger partial charge in [-0.25, -0.2) is 0 Å². The molecule has 2 atom stereocenters. The highest BCUT2D eigenvalue weighted by Crippen LogP contribution is 2.33. The Bertz CT molecular complexity index is 397. The van der Waals surface area contributed by atoms with Gasteiger partial charge in [0.15, 0.2) is 0 Å². The molecule has 0 aromatic heterocycles. The average molecular weight is 231 g/mol. The van der Waals surface area contributed by atoms with Gasteiger partial charge in [0.25, 0.3) is 0 Å². The van der Waals surface area contributed by atoms with Crippen molar-refractivity contribution in [1.82, 2.24) is 0 Å². The van der Waals surface area contributed by atoms with Crippen LogP contribution < -0.4 is 5.73 Å². The third kappa shape index (κ3) is 3.10. The Kier molecular flexibility index (Phi) is 3.58. The Labute approximate surface area is 105 Å². The van der Waals surface area contributed by atoms with Gasteiger partial charge in [-0.2, -0.15) is 0 Å². The van der Waals surface area contributed by atoms with Gasteiger partial charge in [0.05, 0.1) is 0 Å². The predicted molar refractivity (Wildman–Crippen MR) is 74.2 cm³/mol. The molecule has 2 unspecified atom stereocenters. The summed E-state index contributed by atoms with van der Waals surface area (Å²) in [6.07, 6.45) is 6.05. The van der Waals surface area contributed by atoms with Gasteiger partial charge in [-0.05, 0) is 55.7 Å². The summed E-state index contributed by atoms with van der Waals surface area (Å²) in [5, 5.41) is 0. The van der Waals surface area contributed by atoms with Crippen LogP contribution in [-0.2, 0) is 6.42 Å². The van der Waals surface area contributed by atoms with Crippen molar-refractivity contribution in [2.24, 2.45) is 11.7 Å². The van der Waals surface area contributed by atoms with Crippen LogP contribution in [0.2, 0.25) is 0 Å². The SMILES string of the molecule is Cc1ccc(CC2(N)CCCC(C)C2)cc1C. The summed E-state index contributed by atoms with van der Waals surface area (Å²) in [6.45, 7) is 6.69. The fourth-order valence-corrected chi connectivity index (χ4v) is 3.18. The minimum Gasteiger partial charge on any atom is -0.325 e. The Morgan fingerprint density at radius 1 is 1.29 bits per heavy atom.